The lowest BCUT2D eigenvalue weighted by atomic mass is 9.94. The quantitative estimate of drug-likeness (QED) is 0.256. The van der Waals surface area contributed by atoms with E-state index in [1.54, 1.807) is 7.11 Å². The van der Waals surface area contributed by atoms with Crippen LogP contribution >= 0.6 is 24.0 Å². The van der Waals surface area contributed by atoms with Gasteiger partial charge in [-0.1, -0.05) is 38.5 Å². The Morgan fingerprint density at radius 2 is 1.88 bits per heavy atom. The smallest absolute Gasteiger partial charge is 0.191 e. The number of ether oxygens (including phenoxy) is 2. The molecule has 0 radical (unpaired) electrons. The van der Waals surface area contributed by atoms with Crippen LogP contribution in [0.3, 0.4) is 0 Å². The fourth-order valence-electron chi connectivity index (χ4n) is 3.73. The zero-order valence-corrected chi connectivity index (χ0v) is 17.8. The Bertz CT molecular complexity index is 354. The molecule has 0 unspecified atom stereocenters. The molecular weight excluding hydrogens is 417 g/mol. The number of nitrogens with one attached hydrogen (secondary N) is 2. The monoisotopic (exact) mass is 453 g/mol. The van der Waals surface area contributed by atoms with Gasteiger partial charge in [-0.3, -0.25) is 4.99 Å². The average molecular weight is 453 g/mol. The van der Waals surface area contributed by atoms with Gasteiger partial charge in [0.25, 0.3) is 0 Å². The van der Waals surface area contributed by atoms with Crippen molar-refractivity contribution in [2.45, 2.75) is 63.4 Å². The molecule has 0 amide bonds. The maximum absolute atomic E-state index is 5.75. The summed E-state index contributed by atoms with van der Waals surface area (Å²) in [5.74, 6) is 1.89. The molecule has 1 aliphatic carbocycles. The number of aliphatic imine (C=N–C) groups is 1. The van der Waals surface area contributed by atoms with Crippen LogP contribution in [0.2, 0.25) is 0 Å². The van der Waals surface area contributed by atoms with Gasteiger partial charge in [-0.2, -0.15) is 0 Å². The summed E-state index contributed by atoms with van der Waals surface area (Å²) in [5, 5.41) is 6.85. The Balaban J connectivity index is 0.00000288. The molecule has 24 heavy (non-hydrogen) atoms. The van der Waals surface area contributed by atoms with Crippen molar-refractivity contribution in [1.82, 2.24) is 10.6 Å². The molecule has 142 valence electrons. The van der Waals surface area contributed by atoms with Crippen molar-refractivity contribution in [3.8, 4) is 0 Å². The fourth-order valence-corrected chi connectivity index (χ4v) is 3.73. The van der Waals surface area contributed by atoms with E-state index >= 15 is 0 Å². The lowest BCUT2D eigenvalue weighted by molar-refractivity contribution is -0.0855. The van der Waals surface area contributed by atoms with Crippen LogP contribution < -0.4 is 10.6 Å². The molecule has 0 spiro atoms. The summed E-state index contributed by atoms with van der Waals surface area (Å²) in [4.78, 5) is 4.32. The van der Waals surface area contributed by atoms with Gasteiger partial charge in [-0.15, -0.1) is 24.0 Å². The third kappa shape index (κ3) is 7.44. The Kier molecular flexibility index (Phi) is 11.3. The molecule has 0 aromatic carbocycles. The van der Waals surface area contributed by atoms with Crippen LogP contribution in [0.4, 0.5) is 0 Å². The maximum Gasteiger partial charge on any atom is 0.191 e. The first kappa shape index (κ1) is 22.0. The lowest BCUT2D eigenvalue weighted by Gasteiger charge is -2.36. The minimum absolute atomic E-state index is 0. The van der Waals surface area contributed by atoms with E-state index in [1.165, 1.54) is 44.9 Å². The maximum atomic E-state index is 5.75. The summed E-state index contributed by atoms with van der Waals surface area (Å²) in [6.07, 6.45) is 11.6. The summed E-state index contributed by atoms with van der Waals surface area (Å²) in [7, 11) is 3.63. The van der Waals surface area contributed by atoms with Crippen molar-refractivity contribution in [2.75, 3.05) is 40.5 Å². The van der Waals surface area contributed by atoms with Crippen LogP contribution in [0, 0.1) is 5.92 Å². The fraction of sp³-hybridized carbons (Fsp3) is 0.944. The number of unbranched alkanes of at least 4 members (excludes halogenated alkanes) is 1. The van der Waals surface area contributed by atoms with Crippen LogP contribution in [-0.2, 0) is 9.47 Å². The molecule has 2 N–H and O–H groups in total. The van der Waals surface area contributed by atoms with Gasteiger partial charge in [0, 0.05) is 53.3 Å². The van der Waals surface area contributed by atoms with Crippen molar-refractivity contribution in [2.24, 2.45) is 10.9 Å². The highest BCUT2D eigenvalue weighted by atomic mass is 127. The molecular formula is C18H36IN3O2. The molecule has 0 aromatic heterocycles. The third-order valence-corrected chi connectivity index (χ3v) is 5.44. The average Bonchev–Trinajstić information content (AvgIpc) is 3.11. The van der Waals surface area contributed by atoms with Gasteiger partial charge in [0.05, 0.1) is 5.60 Å². The van der Waals surface area contributed by atoms with Crippen molar-refractivity contribution in [3.05, 3.63) is 0 Å². The van der Waals surface area contributed by atoms with Gasteiger partial charge in [0.15, 0.2) is 5.96 Å². The lowest BCUT2D eigenvalue weighted by Crippen LogP contribution is -2.50. The van der Waals surface area contributed by atoms with E-state index in [1.807, 2.05) is 7.05 Å². The number of hydrogen-bond donors (Lipinski definition) is 2. The van der Waals surface area contributed by atoms with E-state index in [0.717, 1.165) is 51.0 Å². The standard InChI is InChI=1S/C18H35N3O2.HI/c1-19-17(20-12-6-5-9-16-7-3-4-8-16)21-15-18(22-2)10-13-23-14-11-18;/h16H,3-15H2,1-2H3,(H2,19,20,21);1H. The number of rotatable bonds is 8. The molecule has 0 atom stereocenters. The van der Waals surface area contributed by atoms with Gasteiger partial charge >= 0.3 is 0 Å². The highest BCUT2D eigenvalue weighted by Gasteiger charge is 2.32. The molecule has 1 saturated carbocycles. The van der Waals surface area contributed by atoms with Crippen molar-refractivity contribution in [1.29, 1.82) is 0 Å². The second-order valence-corrected chi connectivity index (χ2v) is 7.00. The second-order valence-electron chi connectivity index (χ2n) is 7.00. The minimum atomic E-state index is -0.113. The highest BCUT2D eigenvalue weighted by molar-refractivity contribution is 14.0. The van der Waals surface area contributed by atoms with Gasteiger partial charge < -0.3 is 20.1 Å². The predicted molar refractivity (Wildman–Crippen MR) is 110 cm³/mol. The molecule has 6 heteroatoms. The van der Waals surface area contributed by atoms with Crippen molar-refractivity contribution in [3.63, 3.8) is 0 Å². The molecule has 2 fully saturated rings. The molecule has 5 nitrogen and oxygen atoms in total. The Morgan fingerprint density at radius 3 is 2.50 bits per heavy atom. The minimum Gasteiger partial charge on any atom is -0.381 e. The number of hydrogen-bond acceptors (Lipinski definition) is 3. The van der Waals surface area contributed by atoms with E-state index in [9.17, 15) is 0 Å². The summed E-state index contributed by atoms with van der Waals surface area (Å²) in [6, 6.07) is 0. The van der Waals surface area contributed by atoms with Crippen LogP contribution in [-0.4, -0.2) is 52.0 Å². The van der Waals surface area contributed by atoms with Crippen LogP contribution in [0.25, 0.3) is 0 Å². The SMILES string of the molecule is CN=C(NCCCCC1CCCC1)NCC1(OC)CCOCC1.I. The number of nitrogens with zero attached hydrogens (tertiary/aromatic N) is 1. The molecule has 0 bridgehead atoms. The van der Waals surface area contributed by atoms with E-state index in [-0.39, 0.29) is 29.6 Å². The summed E-state index contributed by atoms with van der Waals surface area (Å²) in [5.41, 5.74) is -0.113. The largest absolute Gasteiger partial charge is 0.381 e. The number of methoxy groups -OCH3 is 1. The van der Waals surface area contributed by atoms with Crippen LogP contribution in [0.5, 0.6) is 0 Å². The first-order valence-electron chi connectivity index (χ1n) is 9.35. The van der Waals surface area contributed by atoms with E-state index in [2.05, 4.69) is 15.6 Å². The van der Waals surface area contributed by atoms with E-state index in [0.29, 0.717) is 0 Å². The molecule has 2 aliphatic rings. The molecule has 1 aliphatic heterocycles. The topological polar surface area (TPSA) is 54.9 Å². The summed E-state index contributed by atoms with van der Waals surface area (Å²) < 4.78 is 11.2. The Hall–Kier alpha value is -0.0800. The molecule has 0 aromatic rings. The Labute approximate surface area is 164 Å². The first-order chi connectivity index (χ1) is 11.3. The first-order valence-corrected chi connectivity index (χ1v) is 9.35. The third-order valence-electron chi connectivity index (χ3n) is 5.44. The van der Waals surface area contributed by atoms with Gasteiger partial charge in [0.2, 0.25) is 0 Å². The predicted octanol–water partition coefficient (Wildman–Crippen LogP) is 3.33. The molecule has 2 rings (SSSR count). The van der Waals surface area contributed by atoms with E-state index in [4.69, 9.17) is 9.47 Å². The van der Waals surface area contributed by atoms with Crippen LogP contribution in [0.15, 0.2) is 4.99 Å². The number of guanidine groups is 1. The summed E-state index contributed by atoms with van der Waals surface area (Å²) in [6.45, 7) is 3.34. The van der Waals surface area contributed by atoms with Gasteiger partial charge in [-0.25, -0.2) is 0 Å². The van der Waals surface area contributed by atoms with Crippen LogP contribution in [0.1, 0.15) is 57.8 Å². The zero-order valence-electron chi connectivity index (χ0n) is 15.4. The van der Waals surface area contributed by atoms with Crippen molar-refractivity contribution >= 4 is 29.9 Å². The normalized spacial score (nSPS) is 21.3. The second kappa shape index (κ2) is 12.3. The zero-order chi connectivity index (χ0) is 16.4. The van der Waals surface area contributed by atoms with Gasteiger partial charge in [-0.05, 0) is 12.3 Å². The van der Waals surface area contributed by atoms with Gasteiger partial charge in [0.1, 0.15) is 0 Å². The van der Waals surface area contributed by atoms with Crippen molar-refractivity contribution < 1.29 is 9.47 Å². The molecule has 1 heterocycles. The number of halogens is 1. The highest BCUT2D eigenvalue weighted by Crippen LogP contribution is 2.28. The molecule has 1 saturated heterocycles. The summed E-state index contributed by atoms with van der Waals surface area (Å²) >= 11 is 0. The van der Waals surface area contributed by atoms with E-state index < -0.39 is 0 Å². The Morgan fingerprint density at radius 1 is 1.17 bits per heavy atom.